The van der Waals surface area contributed by atoms with Crippen molar-refractivity contribution in [1.82, 2.24) is 37.5 Å². The summed E-state index contributed by atoms with van der Waals surface area (Å²) in [7, 11) is -4.69. The molecule has 0 saturated carbocycles. The highest BCUT2D eigenvalue weighted by molar-refractivity contribution is 7.95. The molecule has 0 aliphatic carbocycles. The van der Waals surface area contributed by atoms with Crippen molar-refractivity contribution in [2.75, 3.05) is 0 Å². The van der Waals surface area contributed by atoms with Gasteiger partial charge < -0.3 is 0 Å². The summed E-state index contributed by atoms with van der Waals surface area (Å²) in [5, 5.41) is 37.0. The molecule has 0 aliphatic rings. The highest BCUT2D eigenvalue weighted by Crippen LogP contribution is 2.46. The molecule has 22 rings (SSSR count). The topological polar surface area (TPSA) is 444 Å². The number of pyridine rings is 4. The van der Waals surface area contributed by atoms with E-state index in [1.54, 1.807) is 36.4 Å². The molecule has 0 radical (unpaired) electrons. The number of rotatable bonds is 10. The third-order valence-corrected chi connectivity index (χ3v) is 22.9. The van der Waals surface area contributed by atoms with Gasteiger partial charge in [0, 0.05) is 95.5 Å². The lowest BCUT2D eigenvalue weighted by Gasteiger charge is -2.16. The maximum absolute atomic E-state index is 14.4. The number of hydrogen-bond donors (Lipinski definition) is 4. The molecule has 32 nitrogen and oxygen atoms in total. The van der Waals surface area contributed by atoms with Crippen molar-refractivity contribution in [1.29, 1.82) is 0 Å². The van der Waals surface area contributed by atoms with E-state index >= 15 is 0 Å². The van der Waals surface area contributed by atoms with Crippen LogP contribution in [0.1, 0.15) is 0 Å². The summed E-state index contributed by atoms with van der Waals surface area (Å²) in [4.78, 5) is 190. The molecule has 8 aromatic heterocycles. The van der Waals surface area contributed by atoms with Crippen LogP contribution in [0.4, 0.5) is 0 Å². The summed E-state index contributed by atoms with van der Waals surface area (Å²) >= 11 is 1.96. The van der Waals surface area contributed by atoms with E-state index in [2.05, 4.69) is 48.1 Å². The molecule has 36 heteroatoms. The normalized spacial score (nSPS) is 12.9. The molecule has 4 N–H and O–H groups in total. The van der Waals surface area contributed by atoms with Crippen LogP contribution in [0.5, 0.6) is 0 Å². The summed E-state index contributed by atoms with van der Waals surface area (Å²) in [5.74, 6) is 0. The molecule has 0 amide bonds. The van der Waals surface area contributed by atoms with Crippen LogP contribution in [0.25, 0.3) is 196 Å². The van der Waals surface area contributed by atoms with E-state index in [4.69, 9.17) is 15.8 Å². The van der Waals surface area contributed by atoms with Crippen LogP contribution in [0.3, 0.4) is 0 Å². The number of benzene rings is 14. The van der Waals surface area contributed by atoms with Crippen molar-refractivity contribution in [2.24, 2.45) is 0 Å². The van der Waals surface area contributed by atoms with Gasteiger partial charge in [-0.15, -0.1) is 13.0 Å². The highest BCUT2D eigenvalue weighted by Gasteiger charge is 2.33. The van der Waals surface area contributed by atoms with Crippen molar-refractivity contribution in [3.8, 4) is 0 Å². The first kappa shape index (κ1) is 63.7. The van der Waals surface area contributed by atoms with Gasteiger partial charge >= 0.3 is 0 Å². The Morgan fingerprint density at radius 1 is 0.278 bits per heavy atom. The minimum absolute atomic E-state index is 0.0121. The second kappa shape index (κ2) is 21.7. The average Bonchev–Trinajstić information content (AvgIpc) is 1.03. The molecule has 108 heavy (non-hydrogen) atoms. The summed E-state index contributed by atoms with van der Waals surface area (Å²) < 4.78 is 51.7. The van der Waals surface area contributed by atoms with E-state index in [1.165, 1.54) is 67.8 Å². The lowest BCUT2D eigenvalue weighted by atomic mass is 9.85. The summed E-state index contributed by atoms with van der Waals surface area (Å²) in [6, 6.07) is 26.8. The second-order valence-electron chi connectivity index (χ2n) is 25.4. The third-order valence-electron chi connectivity index (χ3n) is 20.3. The smallest absolute Gasteiger partial charge is 0.289 e. The van der Waals surface area contributed by atoms with Gasteiger partial charge in [0.25, 0.3) is 32.4 Å². The first-order valence-electron chi connectivity index (χ1n) is 31.4. The van der Waals surface area contributed by atoms with E-state index in [1.807, 2.05) is 0 Å². The molecule has 0 bridgehead atoms. The Labute approximate surface area is 597 Å². The number of aromatic nitrogens is 8. The quantitative estimate of drug-likeness (QED) is 0.0255. The molecule has 8 heterocycles. The Hall–Kier alpha value is -12.8. The van der Waals surface area contributed by atoms with E-state index in [0.717, 1.165) is 34.7 Å². The van der Waals surface area contributed by atoms with Crippen LogP contribution in [-0.4, -0.2) is 66.3 Å². The van der Waals surface area contributed by atoms with Crippen LogP contribution in [0, 0.1) is 0 Å². The molecule has 520 valence electrons. The van der Waals surface area contributed by atoms with Gasteiger partial charge in [-0.05, 0) is 143 Å². The van der Waals surface area contributed by atoms with Crippen LogP contribution in [-0.2, 0) is 38.2 Å². The van der Waals surface area contributed by atoms with Gasteiger partial charge in [0.2, 0.25) is 0 Å². The maximum atomic E-state index is 14.4. The SMILES string of the molecule is O=c1cc2c3cc(=O)c4c(=O)n5c6cc(SOOO)ccc6nc5c5cc(=O)c(c6c(=O)cc7c(c1c(=O)n1c8cc(SOOO)ccc8nc71)c26)c3c45.O=c1cc2c3cc(=O)c4c5c(cc(=O)c(c6c(=O)cc7c(c1c(=O)n1c8cc(S(=O)(=O)O)ccc8nc71)c26)c35)c(=O)n1c2cc(SOOO)ccc2nc41. The van der Waals surface area contributed by atoms with Gasteiger partial charge in [0.15, 0.2) is 49.1 Å². The van der Waals surface area contributed by atoms with Crippen LogP contribution in [0.15, 0.2) is 198 Å². The highest BCUT2D eigenvalue weighted by atomic mass is 32.2. The fourth-order valence-electron chi connectivity index (χ4n) is 16.4. The Bertz CT molecular complexity index is 8710. The van der Waals surface area contributed by atoms with Gasteiger partial charge in [-0.3, -0.25) is 79.7 Å². The van der Waals surface area contributed by atoms with Gasteiger partial charge in [-0.1, -0.05) is 15.1 Å². The molecule has 0 saturated heterocycles. The lowest BCUT2D eigenvalue weighted by Crippen LogP contribution is -2.23. The Kier molecular flexibility index (Phi) is 12.8. The Balaban J connectivity index is 0.000000138. The minimum Gasteiger partial charge on any atom is -0.289 e. The fourth-order valence-corrected chi connectivity index (χ4v) is 18.1. The predicted octanol–water partition coefficient (Wildman–Crippen LogP) is 7.65. The van der Waals surface area contributed by atoms with Crippen molar-refractivity contribution >= 4 is 242 Å². The van der Waals surface area contributed by atoms with E-state index < -0.39 is 80.7 Å². The van der Waals surface area contributed by atoms with Gasteiger partial charge in [-0.2, -0.15) is 8.42 Å². The number of hydrogen-bond acceptors (Lipinski definition) is 30. The second-order valence-corrected chi connectivity index (χ2v) is 29.2. The monoisotopic (exact) mass is 1510 g/mol. The summed E-state index contributed by atoms with van der Waals surface area (Å²) in [5.41, 5.74) is -6.50. The van der Waals surface area contributed by atoms with Gasteiger partial charge in [-0.25, -0.2) is 35.7 Å². The largest absolute Gasteiger partial charge is 0.294 e. The zero-order valence-corrected chi connectivity index (χ0v) is 56.0. The van der Waals surface area contributed by atoms with Crippen LogP contribution >= 0.6 is 36.1 Å². The molecule has 0 spiro atoms. The van der Waals surface area contributed by atoms with E-state index in [-0.39, 0.29) is 179 Å². The van der Waals surface area contributed by atoms with Gasteiger partial charge in [0.1, 0.15) is 16.9 Å². The van der Waals surface area contributed by atoms with Crippen molar-refractivity contribution in [3.05, 3.63) is 245 Å². The number of imidazole rings is 4. The zero-order chi connectivity index (χ0) is 74.2. The Morgan fingerprint density at radius 3 is 0.870 bits per heavy atom. The van der Waals surface area contributed by atoms with Gasteiger partial charge in [0.05, 0.1) is 112 Å². The molecule has 14 aromatic carbocycles. The van der Waals surface area contributed by atoms with E-state index in [0.29, 0.717) is 67.4 Å². The summed E-state index contributed by atoms with van der Waals surface area (Å²) in [6.45, 7) is 0. The fraction of sp³-hybridized carbons (Fsp3) is 0. The first-order chi connectivity index (χ1) is 52.1. The predicted molar refractivity (Wildman–Crippen MR) is 397 cm³/mol. The zero-order valence-electron chi connectivity index (χ0n) is 52.7. The first-order valence-corrected chi connectivity index (χ1v) is 35.0. The van der Waals surface area contributed by atoms with Crippen molar-refractivity contribution in [3.63, 3.8) is 0 Å². The van der Waals surface area contributed by atoms with Crippen LogP contribution < -0.4 is 65.7 Å². The van der Waals surface area contributed by atoms with Crippen molar-refractivity contribution < 1.29 is 56.9 Å². The molecular weight excluding hydrogens is 1490 g/mol. The van der Waals surface area contributed by atoms with Crippen LogP contribution in [0.2, 0.25) is 0 Å². The summed E-state index contributed by atoms with van der Waals surface area (Å²) in [6.07, 6.45) is 0. The Morgan fingerprint density at radius 2 is 0.537 bits per heavy atom. The average molecular weight is 1510 g/mol. The van der Waals surface area contributed by atoms with E-state index in [9.17, 15) is 70.5 Å². The maximum Gasteiger partial charge on any atom is 0.294 e. The standard InChI is InChI=1S/2C36H12N4O12S2/c41-21-9-15-27-25-14(8-24(44)32(27)36(46)39-20-6-12(54(48,49)50)2-4-18(20)37-33(15)39)13-7-23(43)31-28-16(10-22(42)30(26(13)28)29(21)25)35(45)40-19-5-11(53-52-51-47)1-3-17(19)38-34(31)40;41-21-9-15-27-25-13(7-23(43)31(27)35(45)39-19-5-11(53-51-49-47)1-3-17(19)37-33(15)39)14-8-24(44)32-28-16(10-22(42)30(26(14)28)29(21)25)34-38-18-4-2-12(54-52-50-48)6-20(18)40(34)36(32)46/h1-10,47H,(H,48,49,50);1-10,47-48H. The molecular formula is C72H24N8O24S4. The van der Waals surface area contributed by atoms with Crippen molar-refractivity contribution in [2.45, 2.75) is 19.6 Å². The lowest BCUT2D eigenvalue weighted by molar-refractivity contribution is -0.432. The molecule has 0 unspecified atom stereocenters. The molecule has 0 atom stereocenters. The molecule has 22 aromatic rings. The third kappa shape index (κ3) is 8.09. The number of nitrogens with zero attached hydrogens (tertiary/aromatic N) is 8. The molecule has 0 aliphatic heterocycles. The molecule has 0 fully saturated rings. The minimum atomic E-state index is -4.69. The number of fused-ring (bicyclic) bond motifs is 20.